The van der Waals surface area contributed by atoms with Gasteiger partial charge in [-0.05, 0) is 22.4 Å². The zero-order valence-electron chi connectivity index (χ0n) is 8.48. The smallest absolute Gasteiger partial charge is 0.127 e. The molecule has 15 heavy (non-hydrogen) atoms. The highest BCUT2D eigenvalue weighted by molar-refractivity contribution is 7.07. The van der Waals surface area contributed by atoms with Gasteiger partial charge in [0.1, 0.15) is 11.9 Å². The summed E-state index contributed by atoms with van der Waals surface area (Å²) in [6.45, 7) is 3.23. The van der Waals surface area contributed by atoms with E-state index in [1.54, 1.807) is 11.3 Å². The Morgan fingerprint density at radius 2 is 2.60 bits per heavy atom. The van der Waals surface area contributed by atoms with Crippen molar-refractivity contribution in [3.05, 3.63) is 22.4 Å². The molecule has 1 aliphatic rings. The predicted octanol–water partition coefficient (Wildman–Crippen LogP) is 0.885. The number of amidine groups is 1. The molecule has 1 aromatic heterocycles. The summed E-state index contributed by atoms with van der Waals surface area (Å²) in [5, 5.41) is 11.6. The first-order valence-electron chi connectivity index (χ1n) is 4.94. The van der Waals surface area contributed by atoms with Crippen molar-refractivity contribution in [2.24, 2.45) is 5.73 Å². The second kappa shape index (κ2) is 4.74. The third kappa shape index (κ3) is 2.77. The number of nitrogens with two attached hydrogens (primary N) is 1. The minimum Gasteiger partial charge on any atom is -0.385 e. The molecule has 0 radical (unpaired) electrons. The molecular weight excluding hydrogens is 210 g/mol. The summed E-state index contributed by atoms with van der Waals surface area (Å²) in [6.07, 6.45) is -0.225. The maximum absolute atomic E-state index is 7.36. The molecule has 2 heterocycles. The molecule has 3 N–H and O–H groups in total. The van der Waals surface area contributed by atoms with Gasteiger partial charge in [0, 0.05) is 19.6 Å². The molecule has 5 heteroatoms. The number of thiophene rings is 1. The van der Waals surface area contributed by atoms with Gasteiger partial charge >= 0.3 is 0 Å². The van der Waals surface area contributed by atoms with E-state index in [1.165, 1.54) is 5.56 Å². The van der Waals surface area contributed by atoms with E-state index in [2.05, 4.69) is 21.7 Å². The Kier molecular flexibility index (Phi) is 3.35. The van der Waals surface area contributed by atoms with Crippen LogP contribution in [0.2, 0.25) is 0 Å². The molecule has 0 bridgehead atoms. The van der Waals surface area contributed by atoms with Crippen LogP contribution in [0.3, 0.4) is 0 Å². The van der Waals surface area contributed by atoms with Gasteiger partial charge in [-0.25, -0.2) is 0 Å². The van der Waals surface area contributed by atoms with Gasteiger partial charge in [0.25, 0.3) is 0 Å². The lowest BCUT2D eigenvalue weighted by Crippen LogP contribution is -2.47. The van der Waals surface area contributed by atoms with Crippen molar-refractivity contribution in [2.75, 3.05) is 19.7 Å². The summed E-state index contributed by atoms with van der Waals surface area (Å²) in [5.74, 6) is 0.130. The van der Waals surface area contributed by atoms with Gasteiger partial charge < -0.3 is 10.5 Å². The average Bonchev–Trinajstić information content (AvgIpc) is 2.71. The molecule has 1 aliphatic heterocycles. The first kappa shape index (κ1) is 10.6. The second-order valence-corrected chi connectivity index (χ2v) is 4.46. The van der Waals surface area contributed by atoms with Crippen molar-refractivity contribution in [3.63, 3.8) is 0 Å². The van der Waals surface area contributed by atoms with Crippen molar-refractivity contribution in [2.45, 2.75) is 12.6 Å². The molecule has 1 saturated heterocycles. The minimum absolute atomic E-state index is 0.130. The van der Waals surface area contributed by atoms with E-state index in [0.29, 0.717) is 6.61 Å². The number of hydrogen-bond acceptors (Lipinski definition) is 4. The molecule has 0 saturated carbocycles. The molecule has 1 fully saturated rings. The molecule has 2 rings (SSSR count). The van der Waals surface area contributed by atoms with E-state index in [0.717, 1.165) is 19.6 Å². The van der Waals surface area contributed by atoms with Gasteiger partial charge in [-0.3, -0.25) is 10.3 Å². The molecule has 0 amide bonds. The highest BCUT2D eigenvalue weighted by Gasteiger charge is 2.22. The Morgan fingerprint density at radius 1 is 1.73 bits per heavy atom. The summed E-state index contributed by atoms with van der Waals surface area (Å²) in [6, 6.07) is 2.13. The van der Waals surface area contributed by atoms with Crippen LogP contribution in [0, 0.1) is 5.41 Å². The number of nitrogens with zero attached hydrogens (tertiary/aromatic N) is 1. The SMILES string of the molecule is N=C(N)C1CN(Cc2ccsc2)CCO1. The lowest BCUT2D eigenvalue weighted by atomic mass is 10.2. The minimum atomic E-state index is -0.225. The maximum Gasteiger partial charge on any atom is 0.127 e. The Labute approximate surface area is 93.2 Å². The van der Waals surface area contributed by atoms with E-state index in [1.807, 2.05) is 0 Å². The van der Waals surface area contributed by atoms with Gasteiger partial charge in [0.15, 0.2) is 0 Å². The molecule has 1 aromatic rings. The number of nitrogens with one attached hydrogen (secondary N) is 1. The van der Waals surface area contributed by atoms with Gasteiger partial charge in [0.2, 0.25) is 0 Å². The van der Waals surface area contributed by atoms with E-state index in [4.69, 9.17) is 15.9 Å². The zero-order valence-corrected chi connectivity index (χ0v) is 9.30. The zero-order chi connectivity index (χ0) is 10.7. The van der Waals surface area contributed by atoms with Crippen molar-refractivity contribution in [1.29, 1.82) is 5.41 Å². The second-order valence-electron chi connectivity index (χ2n) is 3.68. The molecule has 1 unspecified atom stereocenters. The summed E-state index contributed by atoms with van der Waals surface area (Å²) >= 11 is 1.71. The van der Waals surface area contributed by atoms with Crippen LogP contribution in [-0.4, -0.2) is 36.5 Å². The van der Waals surface area contributed by atoms with E-state index < -0.39 is 0 Å². The number of ether oxygens (including phenoxy) is 1. The summed E-state index contributed by atoms with van der Waals surface area (Å²) in [7, 11) is 0. The maximum atomic E-state index is 7.36. The molecule has 0 spiro atoms. The topological polar surface area (TPSA) is 62.3 Å². The van der Waals surface area contributed by atoms with Crippen LogP contribution in [0.4, 0.5) is 0 Å². The molecule has 0 aromatic carbocycles. The van der Waals surface area contributed by atoms with E-state index >= 15 is 0 Å². The molecule has 82 valence electrons. The Morgan fingerprint density at radius 3 is 3.27 bits per heavy atom. The van der Waals surface area contributed by atoms with E-state index in [9.17, 15) is 0 Å². The van der Waals surface area contributed by atoms with Crippen LogP contribution in [-0.2, 0) is 11.3 Å². The normalized spacial score (nSPS) is 22.8. The fourth-order valence-corrected chi connectivity index (χ4v) is 2.33. The lowest BCUT2D eigenvalue weighted by molar-refractivity contribution is 0.00241. The van der Waals surface area contributed by atoms with Crippen molar-refractivity contribution < 1.29 is 4.74 Å². The Hall–Kier alpha value is -0.910. The monoisotopic (exact) mass is 225 g/mol. The first-order valence-corrected chi connectivity index (χ1v) is 5.89. The van der Waals surface area contributed by atoms with Crippen LogP contribution < -0.4 is 5.73 Å². The number of rotatable bonds is 3. The molecule has 0 aliphatic carbocycles. The van der Waals surface area contributed by atoms with Crippen molar-refractivity contribution in [3.8, 4) is 0 Å². The van der Waals surface area contributed by atoms with Gasteiger partial charge in [-0.1, -0.05) is 0 Å². The highest BCUT2D eigenvalue weighted by atomic mass is 32.1. The van der Waals surface area contributed by atoms with Crippen LogP contribution in [0.25, 0.3) is 0 Å². The number of hydrogen-bond donors (Lipinski definition) is 2. The largest absolute Gasteiger partial charge is 0.385 e. The molecular formula is C10H15N3OS. The summed E-state index contributed by atoms with van der Waals surface area (Å²) in [4.78, 5) is 2.28. The fraction of sp³-hybridized carbons (Fsp3) is 0.500. The molecule has 1 atom stereocenters. The van der Waals surface area contributed by atoms with Crippen molar-refractivity contribution >= 4 is 17.2 Å². The average molecular weight is 225 g/mol. The standard InChI is InChI=1S/C10H15N3OS/c11-10(12)9-6-13(2-3-14-9)5-8-1-4-15-7-8/h1,4,7,9H,2-3,5-6H2,(H3,11,12). The number of morpholine rings is 1. The fourth-order valence-electron chi connectivity index (χ4n) is 1.68. The highest BCUT2D eigenvalue weighted by Crippen LogP contribution is 2.12. The molecule has 4 nitrogen and oxygen atoms in total. The van der Waals surface area contributed by atoms with Crippen LogP contribution in [0.1, 0.15) is 5.56 Å². The third-order valence-corrected chi connectivity index (χ3v) is 3.22. The lowest BCUT2D eigenvalue weighted by Gasteiger charge is -2.31. The quantitative estimate of drug-likeness (QED) is 0.593. The van der Waals surface area contributed by atoms with Gasteiger partial charge in [-0.2, -0.15) is 11.3 Å². The summed E-state index contributed by atoms with van der Waals surface area (Å²) in [5.41, 5.74) is 6.76. The predicted molar refractivity (Wildman–Crippen MR) is 61.3 cm³/mol. The Bertz CT molecular complexity index is 325. The summed E-state index contributed by atoms with van der Waals surface area (Å²) < 4.78 is 5.40. The van der Waals surface area contributed by atoms with Gasteiger partial charge in [0.05, 0.1) is 6.61 Å². The van der Waals surface area contributed by atoms with Crippen LogP contribution >= 0.6 is 11.3 Å². The first-order chi connectivity index (χ1) is 7.25. The Balaban J connectivity index is 1.90. The third-order valence-electron chi connectivity index (χ3n) is 2.48. The van der Waals surface area contributed by atoms with Crippen molar-refractivity contribution in [1.82, 2.24) is 4.90 Å². The van der Waals surface area contributed by atoms with Crippen LogP contribution in [0.15, 0.2) is 16.8 Å². The van der Waals surface area contributed by atoms with Crippen LogP contribution in [0.5, 0.6) is 0 Å². The van der Waals surface area contributed by atoms with E-state index in [-0.39, 0.29) is 11.9 Å². The van der Waals surface area contributed by atoms with Gasteiger partial charge in [-0.15, -0.1) is 0 Å².